The zero-order valence-electron chi connectivity index (χ0n) is 15.8. The van der Waals surface area contributed by atoms with E-state index >= 15 is 0 Å². The maximum atomic E-state index is 11.9. The van der Waals surface area contributed by atoms with Gasteiger partial charge in [-0.25, -0.2) is 9.59 Å². The molecule has 0 radical (unpaired) electrons. The van der Waals surface area contributed by atoms with Crippen LogP contribution in [0, 0.1) is 0 Å². The zero-order valence-corrected chi connectivity index (χ0v) is 15.8. The SMILES string of the molecule is CCOC(=O)CCCCOc1ccc(C=C2C(=O)OC(C)(C)OC2=O)cc1. The Morgan fingerprint density at radius 3 is 2.30 bits per heavy atom. The molecule has 7 nitrogen and oxygen atoms in total. The second kappa shape index (κ2) is 9.21. The van der Waals surface area contributed by atoms with E-state index in [1.54, 1.807) is 31.2 Å². The molecule has 0 N–H and O–H groups in total. The highest BCUT2D eigenvalue weighted by Crippen LogP contribution is 2.24. The molecule has 2 rings (SSSR count). The molecule has 1 aromatic carbocycles. The molecular formula is C20H24O7. The number of carbonyl (C=O) groups excluding carboxylic acids is 3. The monoisotopic (exact) mass is 376 g/mol. The number of esters is 3. The van der Waals surface area contributed by atoms with Gasteiger partial charge in [0.1, 0.15) is 11.3 Å². The molecule has 1 saturated heterocycles. The van der Waals surface area contributed by atoms with Crippen molar-refractivity contribution in [2.75, 3.05) is 13.2 Å². The molecule has 0 amide bonds. The third-order valence-electron chi connectivity index (χ3n) is 3.66. The van der Waals surface area contributed by atoms with Crippen LogP contribution in [-0.2, 0) is 28.6 Å². The molecule has 0 aliphatic carbocycles. The Morgan fingerprint density at radius 2 is 1.70 bits per heavy atom. The van der Waals surface area contributed by atoms with Gasteiger partial charge in [0.2, 0.25) is 0 Å². The first-order valence-corrected chi connectivity index (χ1v) is 8.87. The van der Waals surface area contributed by atoms with Gasteiger partial charge >= 0.3 is 17.9 Å². The van der Waals surface area contributed by atoms with Crippen LogP contribution in [0.4, 0.5) is 0 Å². The molecule has 1 aliphatic rings. The van der Waals surface area contributed by atoms with Gasteiger partial charge in [0.15, 0.2) is 0 Å². The Morgan fingerprint density at radius 1 is 1.07 bits per heavy atom. The molecule has 7 heteroatoms. The van der Waals surface area contributed by atoms with Crippen LogP contribution in [-0.4, -0.2) is 36.9 Å². The standard InChI is InChI=1S/C20H24O7/c1-4-24-17(21)7-5-6-12-25-15-10-8-14(9-11-15)13-16-18(22)26-20(2,3)27-19(16)23/h8-11,13H,4-7,12H2,1-3H3. The summed E-state index contributed by atoms with van der Waals surface area (Å²) in [5.41, 5.74) is 0.496. The summed E-state index contributed by atoms with van der Waals surface area (Å²) in [7, 11) is 0. The van der Waals surface area contributed by atoms with Crippen molar-refractivity contribution < 1.29 is 33.3 Å². The predicted molar refractivity (Wildman–Crippen MR) is 96.7 cm³/mol. The van der Waals surface area contributed by atoms with Crippen LogP contribution in [0.25, 0.3) is 6.08 Å². The van der Waals surface area contributed by atoms with E-state index in [9.17, 15) is 14.4 Å². The second-order valence-corrected chi connectivity index (χ2v) is 6.42. The van der Waals surface area contributed by atoms with E-state index < -0.39 is 17.7 Å². The molecule has 1 aromatic rings. The fourth-order valence-corrected chi connectivity index (χ4v) is 2.40. The van der Waals surface area contributed by atoms with Gasteiger partial charge in [0, 0.05) is 20.3 Å². The topological polar surface area (TPSA) is 88.1 Å². The van der Waals surface area contributed by atoms with E-state index in [-0.39, 0.29) is 11.5 Å². The van der Waals surface area contributed by atoms with Crippen molar-refractivity contribution >= 4 is 24.0 Å². The van der Waals surface area contributed by atoms with Crippen molar-refractivity contribution in [3.8, 4) is 5.75 Å². The highest BCUT2D eigenvalue weighted by Gasteiger charge is 2.38. The van der Waals surface area contributed by atoms with Crippen LogP contribution in [0.5, 0.6) is 5.75 Å². The average Bonchev–Trinajstić information content (AvgIpc) is 2.58. The van der Waals surface area contributed by atoms with Crippen molar-refractivity contribution in [1.29, 1.82) is 0 Å². The van der Waals surface area contributed by atoms with Crippen molar-refractivity contribution in [3.63, 3.8) is 0 Å². The summed E-state index contributed by atoms with van der Waals surface area (Å²) < 4.78 is 20.6. The predicted octanol–water partition coefficient (Wildman–Crippen LogP) is 3.02. The Hall–Kier alpha value is -2.83. The third-order valence-corrected chi connectivity index (χ3v) is 3.66. The molecule has 0 aromatic heterocycles. The minimum Gasteiger partial charge on any atom is -0.494 e. The van der Waals surface area contributed by atoms with E-state index in [2.05, 4.69) is 0 Å². The highest BCUT2D eigenvalue weighted by molar-refractivity contribution is 6.18. The maximum Gasteiger partial charge on any atom is 0.348 e. The molecule has 27 heavy (non-hydrogen) atoms. The molecule has 0 saturated carbocycles. The quantitative estimate of drug-likeness (QED) is 0.298. The number of carbonyl (C=O) groups is 3. The zero-order chi connectivity index (χ0) is 19.9. The number of hydrogen-bond acceptors (Lipinski definition) is 7. The number of ether oxygens (including phenoxy) is 4. The minimum absolute atomic E-state index is 0.151. The smallest absolute Gasteiger partial charge is 0.348 e. The number of cyclic esters (lactones) is 2. The first-order chi connectivity index (χ1) is 12.8. The Kier molecular flexibility index (Phi) is 6.98. The minimum atomic E-state index is -1.25. The lowest BCUT2D eigenvalue weighted by molar-refractivity contribution is -0.222. The summed E-state index contributed by atoms with van der Waals surface area (Å²) in [5.74, 6) is -2.21. The van der Waals surface area contributed by atoms with Gasteiger partial charge < -0.3 is 18.9 Å². The number of rotatable bonds is 8. The van der Waals surface area contributed by atoms with Gasteiger partial charge in [-0.15, -0.1) is 0 Å². The average molecular weight is 376 g/mol. The van der Waals surface area contributed by atoms with Gasteiger partial charge in [-0.1, -0.05) is 12.1 Å². The van der Waals surface area contributed by atoms with Crippen LogP contribution in [0.2, 0.25) is 0 Å². The first kappa shape index (κ1) is 20.5. The summed E-state index contributed by atoms with van der Waals surface area (Å²) in [5, 5.41) is 0. The number of hydrogen-bond donors (Lipinski definition) is 0. The van der Waals surface area contributed by atoms with E-state index in [0.717, 1.165) is 6.42 Å². The Bertz CT molecular complexity index is 694. The van der Waals surface area contributed by atoms with Crippen LogP contribution < -0.4 is 4.74 Å². The van der Waals surface area contributed by atoms with E-state index in [1.807, 2.05) is 0 Å². The normalized spacial score (nSPS) is 15.6. The van der Waals surface area contributed by atoms with Gasteiger partial charge in [0.25, 0.3) is 5.79 Å². The van der Waals surface area contributed by atoms with Crippen molar-refractivity contribution in [1.82, 2.24) is 0 Å². The van der Waals surface area contributed by atoms with E-state index in [1.165, 1.54) is 19.9 Å². The highest BCUT2D eigenvalue weighted by atomic mass is 16.7. The molecule has 0 bridgehead atoms. The van der Waals surface area contributed by atoms with E-state index in [0.29, 0.717) is 37.4 Å². The Balaban J connectivity index is 1.84. The summed E-state index contributed by atoms with van der Waals surface area (Å²) in [6, 6.07) is 6.92. The molecule has 1 fully saturated rings. The van der Waals surface area contributed by atoms with Crippen molar-refractivity contribution in [2.24, 2.45) is 0 Å². The lowest BCUT2D eigenvalue weighted by Crippen LogP contribution is -2.41. The number of unbranched alkanes of at least 4 members (excludes halogenated alkanes) is 1. The lowest BCUT2D eigenvalue weighted by Gasteiger charge is -2.29. The molecule has 1 heterocycles. The van der Waals surface area contributed by atoms with E-state index in [4.69, 9.17) is 18.9 Å². The number of benzene rings is 1. The molecule has 146 valence electrons. The molecule has 0 spiro atoms. The van der Waals surface area contributed by atoms with Gasteiger partial charge in [0.05, 0.1) is 13.2 Å². The second-order valence-electron chi connectivity index (χ2n) is 6.42. The lowest BCUT2D eigenvalue weighted by atomic mass is 10.1. The van der Waals surface area contributed by atoms with Gasteiger partial charge in [-0.2, -0.15) is 0 Å². The molecule has 0 unspecified atom stereocenters. The fourth-order valence-electron chi connectivity index (χ4n) is 2.40. The first-order valence-electron chi connectivity index (χ1n) is 8.87. The molecular weight excluding hydrogens is 352 g/mol. The molecule has 0 atom stereocenters. The third kappa shape index (κ3) is 6.44. The van der Waals surface area contributed by atoms with Crippen molar-refractivity contribution in [3.05, 3.63) is 35.4 Å². The molecule has 1 aliphatic heterocycles. The van der Waals surface area contributed by atoms with Crippen LogP contribution in [0.1, 0.15) is 45.6 Å². The fraction of sp³-hybridized carbons (Fsp3) is 0.450. The van der Waals surface area contributed by atoms with Crippen LogP contribution in [0.3, 0.4) is 0 Å². The van der Waals surface area contributed by atoms with Gasteiger partial charge in [-0.3, -0.25) is 4.79 Å². The summed E-state index contributed by atoms with van der Waals surface area (Å²) in [6.45, 7) is 5.65. The van der Waals surface area contributed by atoms with Crippen molar-refractivity contribution in [2.45, 2.75) is 45.8 Å². The van der Waals surface area contributed by atoms with Gasteiger partial charge in [-0.05, 0) is 43.5 Å². The van der Waals surface area contributed by atoms with Crippen LogP contribution in [0.15, 0.2) is 29.8 Å². The maximum absolute atomic E-state index is 11.9. The summed E-state index contributed by atoms with van der Waals surface area (Å²) >= 11 is 0. The largest absolute Gasteiger partial charge is 0.494 e. The van der Waals surface area contributed by atoms with Crippen LogP contribution >= 0.6 is 0 Å². The Labute approximate surface area is 158 Å². The summed E-state index contributed by atoms with van der Waals surface area (Å²) in [6.07, 6.45) is 3.23. The summed E-state index contributed by atoms with van der Waals surface area (Å²) in [4.78, 5) is 35.1.